The van der Waals surface area contributed by atoms with Crippen molar-refractivity contribution in [3.8, 4) is 0 Å². The molecule has 2 heterocycles. The lowest BCUT2D eigenvalue weighted by atomic mass is 10.0. The van der Waals surface area contributed by atoms with Crippen LogP contribution in [0, 0.1) is 0 Å². The Kier molecular flexibility index (Phi) is 31.4. The van der Waals surface area contributed by atoms with Crippen LogP contribution in [0.2, 0.25) is 0 Å². The summed E-state index contributed by atoms with van der Waals surface area (Å²) in [7, 11) is 0. The molecule has 5 nitrogen and oxygen atoms in total. The largest absolute Gasteiger partial charge is 0.343 e. The molecule has 0 aromatic rings. The van der Waals surface area contributed by atoms with Crippen molar-refractivity contribution >= 4 is 23.7 Å². The number of amides is 3. The molecule has 52 heavy (non-hydrogen) atoms. The molecule has 2 aliphatic heterocycles. The topological polar surface area (TPSA) is 61.4 Å². The smallest absolute Gasteiger partial charge is 0.315 e. The molecule has 306 valence electrons. The first-order valence-electron chi connectivity index (χ1n) is 23.6. The molecule has 2 rings (SSSR count). The summed E-state index contributed by atoms with van der Waals surface area (Å²) < 4.78 is 0. The van der Waals surface area contributed by atoms with E-state index in [0.29, 0.717) is 23.6 Å². The predicted molar refractivity (Wildman–Crippen MR) is 230 cm³/mol. The molecule has 0 radical (unpaired) electrons. The van der Waals surface area contributed by atoms with Crippen LogP contribution in [0.1, 0.15) is 245 Å². The van der Waals surface area contributed by atoms with E-state index in [0.717, 1.165) is 50.9 Å². The second-order valence-corrected chi connectivity index (χ2v) is 18.1. The van der Waals surface area contributed by atoms with Gasteiger partial charge in [-0.05, 0) is 25.7 Å². The van der Waals surface area contributed by atoms with Gasteiger partial charge in [0.1, 0.15) is 0 Å². The molecule has 2 saturated heterocycles. The number of fused-ring (bicyclic) bond motifs is 1. The molecular weight excluding hydrogens is 659 g/mol. The Balaban J connectivity index is 1.52. The van der Waals surface area contributed by atoms with Crippen LogP contribution < -0.4 is 10.6 Å². The average molecular weight is 748 g/mol. The van der Waals surface area contributed by atoms with Crippen molar-refractivity contribution in [3.63, 3.8) is 0 Å². The van der Waals surface area contributed by atoms with Crippen molar-refractivity contribution in [1.29, 1.82) is 0 Å². The maximum atomic E-state index is 13.4. The summed E-state index contributed by atoms with van der Waals surface area (Å²) in [5.41, 5.74) is 0. The van der Waals surface area contributed by atoms with Gasteiger partial charge in [0.25, 0.3) is 0 Å². The molecule has 2 aliphatic rings. The fraction of sp³-hybridized carbons (Fsp3) is 0.957. The van der Waals surface area contributed by atoms with Crippen LogP contribution in [0.25, 0.3) is 0 Å². The predicted octanol–water partition coefficient (Wildman–Crippen LogP) is 14.1. The van der Waals surface area contributed by atoms with Gasteiger partial charge < -0.3 is 15.5 Å². The van der Waals surface area contributed by atoms with E-state index >= 15 is 0 Å². The van der Waals surface area contributed by atoms with E-state index in [1.807, 2.05) is 11.8 Å². The standard InChI is InChI=1S/C46H89N3O2S/c1-3-5-7-9-11-13-15-17-19-21-23-25-27-29-31-35-39-49(44(50)38-34-33-37-43-45-42(41-52-43)47-46(51)48-45)40-36-32-30-28-26-24-22-20-18-16-14-12-10-8-6-4-2/h42-43,45H,3-41H2,1-2H3,(H2,47,48,51)/t42-,43-,45-/m0/s1. The quantitative estimate of drug-likeness (QED) is 0.0486. The summed E-state index contributed by atoms with van der Waals surface area (Å²) in [6, 6.07) is 0.558. The summed E-state index contributed by atoms with van der Waals surface area (Å²) in [4.78, 5) is 27.4. The van der Waals surface area contributed by atoms with E-state index < -0.39 is 0 Å². The van der Waals surface area contributed by atoms with Gasteiger partial charge in [0.15, 0.2) is 0 Å². The fourth-order valence-electron chi connectivity index (χ4n) is 8.49. The Bertz CT molecular complexity index is 789. The van der Waals surface area contributed by atoms with Gasteiger partial charge in [0.05, 0.1) is 12.1 Å². The van der Waals surface area contributed by atoms with E-state index in [4.69, 9.17) is 0 Å². The highest BCUT2D eigenvalue weighted by Crippen LogP contribution is 2.33. The molecule has 0 saturated carbocycles. The number of unbranched alkanes of at least 4 members (excludes halogenated alkanes) is 31. The Morgan fingerprint density at radius 2 is 0.885 bits per heavy atom. The molecule has 0 spiro atoms. The molecular formula is C46H89N3O2S. The van der Waals surface area contributed by atoms with Crippen molar-refractivity contribution in [2.75, 3.05) is 18.8 Å². The lowest BCUT2D eigenvalue weighted by Crippen LogP contribution is -2.36. The Hall–Kier alpha value is -0.910. The van der Waals surface area contributed by atoms with E-state index in [1.54, 1.807) is 0 Å². The first kappa shape index (κ1) is 47.2. The monoisotopic (exact) mass is 748 g/mol. The summed E-state index contributed by atoms with van der Waals surface area (Å²) in [5.74, 6) is 1.40. The minimum Gasteiger partial charge on any atom is -0.343 e. The van der Waals surface area contributed by atoms with Crippen LogP contribution in [0.5, 0.6) is 0 Å². The second kappa shape index (κ2) is 34.6. The van der Waals surface area contributed by atoms with E-state index in [1.165, 1.54) is 193 Å². The molecule has 0 aliphatic carbocycles. The number of nitrogens with one attached hydrogen (secondary N) is 2. The molecule has 2 fully saturated rings. The first-order valence-corrected chi connectivity index (χ1v) is 24.7. The number of thioether (sulfide) groups is 1. The summed E-state index contributed by atoms with van der Waals surface area (Å²) in [6.07, 6.45) is 48.2. The second-order valence-electron chi connectivity index (χ2n) is 16.9. The Labute approximate surface area is 328 Å². The number of nitrogens with zero attached hydrogens (tertiary/aromatic N) is 1. The molecule has 3 atom stereocenters. The van der Waals surface area contributed by atoms with Crippen LogP contribution in [0.3, 0.4) is 0 Å². The van der Waals surface area contributed by atoms with Crippen molar-refractivity contribution in [1.82, 2.24) is 15.5 Å². The average Bonchev–Trinajstić information content (AvgIpc) is 3.70. The summed E-state index contributed by atoms with van der Waals surface area (Å²) in [6.45, 7) is 6.50. The highest BCUT2D eigenvalue weighted by molar-refractivity contribution is 8.00. The number of urea groups is 1. The van der Waals surface area contributed by atoms with Crippen LogP contribution in [0.15, 0.2) is 0 Å². The zero-order chi connectivity index (χ0) is 37.2. The van der Waals surface area contributed by atoms with Gasteiger partial charge in [0, 0.05) is 30.5 Å². The van der Waals surface area contributed by atoms with Crippen LogP contribution in [0.4, 0.5) is 4.79 Å². The van der Waals surface area contributed by atoms with Gasteiger partial charge >= 0.3 is 6.03 Å². The molecule has 3 amide bonds. The van der Waals surface area contributed by atoms with Crippen LogP contribution in [-0.2, 0) is 4.79 Å². The number of carbonyl (C=O) groups is 2. The first-order chi connectivity index (χ1) is 25.7. The number of carbonyl (C=O) groups excluding carboxylic acids is 2. The minimum atomic E-state index is -0.00529. The Morgan fingerprint density at radius 1 is 0.519 bits per heavy atom. The molecule has 0 unspecified atom stereocenters. The SMILES string of the molecule is CCCCCCCCCCCCCCCCCCN(CCCCCCCCCCCCCCCCCC)C(=O)CCCC[C@@H]1SC[C@@H]2NC(=O)N[C@@H]21. The lowest BCUT2D eigenvalue weighted by Gasteiger charge is -2.23. The van der Waals surface area contributed by atoms with Gasteiger partial charge in [-0.2, -0.15) is 11.8 Å². The van der Waals surface area contributed by atoms with Crippen molar-refractivity contribution in [3.05, 3.63) is 0 Å². The minimum absolute atomic E-state index is 0.00529. The lowest BCUT2D eigenvalue weighted by molar-refractivity contribution is -0.131. The molecule has 0 aromatic carbocycles. The molecule has 0 aromatic heterocycles. The van der Waals surface area contributed by atoms with Gasteiger partial charge in [0.2, 0.25) is 5.91 Å². The zero-order valence-electron chi connectivity index (χ0n) is 35.0. The van der Waals surface area contributed by atoms with Crippen LogP contribution in [-0.4, -0.2) is 53.0 Å². The van der Waals surface area contributed by atoms with E-state index in [2.05, 4.69) is 29.4 Å². The maximum Gasteiger partial charge on any atom is 0.315 e. The fourth-order valence-corrected chi connectivity index (χ4v) is 10.0. The van der Waals surface area contributed by atoms with Gasteiger partial charge in [-0.1, -0.05) is 213 Å². The van der Waals surface area contributed by atoms with Crippen molar-refractivity contribution in [2.24, 2.45) is 0 Å². The summed E-state index contributed by atoms with van der Waals surface area (Å²) >= 11 is 1.98. The third-order valence-electron chi connectivity index (χ3n) is 12.0. The van der Waals surface area contributed by atoms with Gasteiger partial charge in [-0.3, -0.25) is 4.79 Å². The number of hydrogen-bond donors (Lipinski definition) is 2. The third kappa shape index (κ3) is 25.2. The van der Waals surface area contributed by atoms with E-state index in [-0.39, 0.29) is 12.1 Å². The van der Waals surface area contributed by atoms with Crippen LogP contribution >= 0.6 is 11.8 Å². The highest BCUT2D eigenvalue weighted by Gasteiger charge is 2.42. The third-order valence-corrected chi connectivity index (χ3v) is 13.5. The van der Waals surface area contributed by atoms with Gasteiger partial charge in [-0.15, -0.1) is 0 Å². The zero-order valence-corrected chi connectivity index (χ0v) is 35.8. The van der Waals surface area contributed by atoms with Crippen molar-refractivity contribution in [2.45, 2.75) is 262 Å². The molecule has 2 N–H and O–H groups in total. The Morgan fingerprint density at radius 3 is 1.27 bits per heavy atom. The van der Waals surface area contributed by atoms with Gasteiger partial charge in [-0.25, -0.2) is 4.79 Å². The summed E-state index contributed by atoms with van der Waals surface area (Å²) in [5, 5.41) is 6.65. The molecule has 6 heteroatoms. The maximum absolute atomic E-state index is 13.4. The van der Waals surface area contributed by atoms with E-state index in [9.17, 15) is 9.59 Å². The molecule has 0 bridgehead atoms. The van der Waals surface area contributed by atoms with Crippen molar-refractivity contribution < 1.29 is 9.59 Å². The number of hydrogen-bond acceptors (Lipinski definition) is 3. The number of rotatable bonds is 39. The normalized spacial score (nSPS) is 18.1. The highest BCUT2D eigenvalue weighted by atomic mass is 32.2.